The first-order chi connectivity index (χ1) is 11.5. The van der Waals surface area contributed by atoms with Gasteiger partial charge in [-0.3, -0.25) is 0 Å². The molecule has 3 rings (SSSR count). The quantitative estimate of drug-likeness (QED) is 0.845. The number of benzene rings is 1. The Morgan fingerprint density at radius 1 is 1.54 bits per heavy atom. The second kappa shape index (κ2) is 7.09. The predicted molar refractivity (Wildman–Crippen MR) is 94.3 cm³/mol. The molecule has 0 radical (unpaired) electrons. The monoisotopic (exact) mass is 366 g/mol. The van der Waals surface area contributed by atoms with Gasteiger partial charge in [-0.25, -0.2) is 9.78 Å². The summed E-state index contributed by atoms with van der Waals surface area (Å²) in [5.74, 6) is -0.0944. The smallest absolute Gasteiger partial charge is 0.341 e. The Hall–Kier alpha value is -1.63. The Bertz CT molecular complexity index is 760. The number of thiazole rings is 1. The highest BCUT2D eigenvalue weighted by Crippen LogP contribution is 2.39. The molecular formula is C17H19ClN2O3S. The Balaban J connectivity index is 2.00. The van der Waals surface area contributed by atoms with Crippen LogP contribution in [0.15, 0.2) is 18.2 Å². The number of carboxylic acids is 1. The number of aromatic nitrogens is 1. The molecule has 7 heteroatoms. The average molecular weight is 367 g/mol. The number of ether oxygens (including phenoxy) is 1. The summed E-state index contributed by atoms with van der Waals surface area (Å²) in [6.07, 6.45) is 0.890. The maximum Gasteiger partial charge on any atom is 0.341 e. The number of nitrogens with zero attached hydrogens (tertiary/aromatic N) is 1. The number of hydrogen-bond acceptors (Lipinski definition) is 5. The zero-order valence-electron chi connectivity index (χ0n) is 13.5. The van der Waals surface area contributed by atoms with Crippen LogP contribution in [-0.2, 0) is 11.2 Å². The van der Waals surface area contributed by atoms with E-state index in [0.717, 1.165) is 34.1 Å². The Morgan fingerprint density at radius 2 is 2.33 bits per heavy atom. The molecule has 0 amide bonds. The van der Waals surface area contributed by atoms with Gasteiger partial charge < -0.3 is 15.2 Å². The molecule has 0 saturated carbocycles. The van der Waals surface area contributed by atoms with E-state index in [9.17, 15) is 4.79 Å². The number of fused-ring (bicyclic) bond motifs is 1. The van der Waals surface area contributed by atoms with Gasteiger partial charge in [0.15, 0.2) is 6.61 Å². The van der Waals surface area contributed by atoms with E-state index in [1.54, 1.807) is 23.5 Å². The van der Waals surface area contributed by atoms with Crippen molar-refractivity contribution in [1.29, 1.82) is 0 Å². The molecule has 2 aromatic rings. The standard InChI is InChI=1S/C17H19ClN2O3S/c1-9(2)17-20-12-5-6-19-15(16(12)24-17)11-7-10(18)3-4-13(11)23-8-14(21)22/h3-4,7,9,15,19H,5-6,8H2,1-2H3,(H,21,22). The van der Waals surface area contributed by atoms with E-state index in [4.69, 9.17) is 26.4 Å². The van der Waals surface area contributed by atoms with Crippen molar-refractivity contribution >= 4 is 28.9 Å². The van der Waals surface area contributed by atoms with E-state index < -0.39 is 5.97 Å². The summed E-state index contributed by atoms with van der Waals surface area (Å²) < 4.78 is 5.46. The minimum Gasteiger partial charge on any atom is -0.482 e. The van der Waals surface area contributed by atoms with Crippen molar-refractivity contribution in [3.63, 3.8) is 0 Å². The van der Waals surface area contributed by atoms with Crippen molar-refractivity contribution in [1.82, 2.24) is 10.3 Å². The maximum absolute atomic E-state index is 10.8. The molecule has 0 aliphatic carbocycles. The molecule has 2 heterocycles. The minimum atomic E-state index is -1.01. The molecule has 24 heavy (non-hydrogen) atoms. The average Bonchev–Trinajstić information content (AvgIpc) is 2.98. The molecule has 128 valence electrons. The number of rotatable bonds is 5. The van der Waals surface area contributed by atoms with Crippen molar-refractivity contribution < 1.29 is 14.6 Å². The third-order valence-electron chi connectivity index (χ3n) is 3.84. The number of carboxylic acid groups (broad SMARTS) is 1. The summed E-state index contributed by atoms with van der Waals surface area (Å²) >= 11 is 7.87. The van der Waals surface area contributed by atoms with Gasteiger partial charge in [-0.05, 0) is 18.2 Å². The molecule has 0 fully saturated rings. The van der Waals surface area contributed by atoms with Crippen LogP contribution in [0.3, 0.4) is 0 Å². The Morgan fingerprint density at radius 3 is 3.04 bits per heavy atom. The lowest BCUT2D eigenvalue weighted by Gasteiger charge is -2.25. The molecule has 0 spiro atoms. The zero-order chi connectivity index (χ0) is 17.3. The molecule has 5 nitrogen and oxygen atoms in total. The Kier molecular flexibility index (Phi) is 5.08. The first kappa shape index (κ1) is 17.2. The number of hydrogen-bond donors (Lipinski definition) is 2. The molecule has 1 aromatic heterocycles. The van der Waals surface area contributed by atoms with E-state index in [2.05, 4.69) is 19.2 Å². The number of aliphatic carboxylic acids is 1. The molecular weight excluding hydrogens is 348 g/mol. The predicted octanol–water partition coefficient (Wildman–Crippen LogP) is 3.62. The van der Waals surface area contributed by atoms with E-state index in [-0.39, 0.29) is 12.6 Å². The number of halogens is 1. The maximum atomic E-state index is 10.8. The largest absolute Gasteiger partial charge is 0.482 e. The fourth-order valence-electron chi connectivity index (χ4n) is 2.73. The summed E-state index contributed by atoms with van der Waals surface area (Å²) in [6.45, 7) is 4.69. The molecule has 0 saturated heterocycles. The van der Waals surface area contributed by atoms with Gasteiger partial charge in [0, 0.05) is 34.3 Å². The lowest BCUT2D eigenvalue weighted by atomic mass is 9.99. The van der Waals surface area contributed by atoms with E-state index in [1.807, 2.05) is 6.07 Å². The molecule has 1 aliphatic rings. The van der Waals surface area contributed by atoms with Gasteiger partial charge in [0.2, 0.25) is 0 Å². The summed E-state index contributed by atoms with van der Waals surface area (Å²) in [5.41, 5.74) is 1.96. The first-order valence-corrected chi connectivity index (χ1v) is 9.02. The van der Waals surface area contributed by atoms with Crippen LogP contribution in [0.2, 0.25) is 5.02 Å². The van der Waals surface area contributed by atoms with Crippen LogP contribution in [0, 0.1) is 0 Å². The van der Waals surface area contributed by atoms with Crippen LogP contribution in [-0.4, -0.2) is 29.2 Å². The first-order valence-electron chi connectivity index (χ1n) is 7.82. The fraction of sp³-hybridized carbons (Fsp3) is 0.412. The Labute approximate surface area is 149 Å². The second-order valence-corrected chi connectivity index (χ2v) is 7.52. The van der Waals surface area contributed by atoms with Crippen molar-refractivity contribution in [2.75, 3.05) is 13.2 Å². The van der Waals surface area contributed by atoms with Crippen LogP contribution in [0.4, 0.5) is 0 Å². The minimum absolute atomic E-state index is 0.0822. The summed E-state index contributed by atoms with van der Waals surface area (Å²) in [4.78, 5) is 16.8. The third-order valence-corrected chi connectivity index (χ3v) is 5.54. The highest BCUT2D eigenvalue weighted by Gasteiger charge is 2.28. The molecule has 1 aromatic carbocycles. The lowest BCUT2D eigenvalue weighted by molar-refractivity contribution is -0.139. The lowest BCUT2D eigenvalue weighted by Crippen LogP contribution is -2.30. The van der Waals surface area contributed by atoms with Crippen LogP contribution < -0.4 is 10.1 Å². The van der Waals surface area contributed by atoms with Crippen molar-refractivity contribution in [2.45, 2.75) is 32.2 Å². The number of carbonyl (C=O) groups is 1. The molecule has 0 bridgehead atoms. The molecule has 2 N–H and O–H groups in total. The van der Waals surface area contributed by atoms with E-state index >= 15 is 0 Å². The van der Waals surface area contributed by atoms with Gasteiger partial charge in [0.1, 0.15) is 5.75 Å². The van der Waals surface area contributed by atoms with Gasteiger partial charge in [0.25, 0.3) is 0 Å². The second-order valence-electron chi connectivity index (χ2n) is 6.02. The van der Waals surface area contributed by atoms with E-state index in [1.165, 1.54) is 0 Å². The third kappa shape index (κ3) is 3.55. The molecule has 1 unspecified atom stereocenters. The van der Waals surface area contributed by atoms with Gasteiger partial charge in [-0.15, -0.1) is 11.3 Å². The van der Waals surface area contributed by atoms with Crippen LogP contribution in [0.1, 0.15) is 46.9 Å². The molecule has 1 atom stereocenters. The van der Waals surface area contributed by atoms with Crippen LogP contribution in [0.25, 0.3) is 0 Å². The topological polar surface area (TPSA) is 71.5 Å². The normalized spacial score (nSPS) is 16.9. The van der Waals surface area contributed by atoms with Gasteiger partial charge in [-0.1, -0.05) is 25.4 Å². The van der Waals surface area contributed by atoms with Gasteiger partial charge in [-0.2, -0.15) is 0 Å². The van der Waals surface area contributed by atoms with Crippen molar-refractivity contribution in [3.8, 4) is 5.75 Å². The van der Waals surface area contributed by atoms with Gasteiger partial charge in [0.05, 0.1) is 16.7 Å². The SMILES string of the molecule is CC(C)c1nc2c(s1)C(c1cc(Cl)ccc1OCC(=O)O)NCC2. The fourth-order valence-corrected chi connectivity index (χ4v) is 4.12. The van der Waals surface area contributed by atoms with Crippen molar-refractivity contribution in [3.05, 3.63) is 44.4 Å². The van der Waals surface area contributed by atoms with E-state index in [0.29, 0.717) is 16.7 Å². The summed E-state index contributed by atoms with van der Waals surface area (Å²) in [7, 11) is 0. The highest BCUT2D eigenvalue weighted by molar-refractivity contribution is 7.12. The highest BCUT2D eigenvalue weighted by atomic mass is 35.5. The number of nitrogens with one attached hydrogen (secondary N) is 1. The van der Waals surface area contributed by atoms with Gasteiger partial charge >= 0.3 is 5.97 Å². The zero-order valence-corrected chi connectivity index (χ0v) is 15.1. The van der Waals surface area contributed by atoms with Crippen LogP contribution in [0.5, 0.6) is 5.75 Å². The summed E-state index contributed by atoms with van der Waals surface area (Å²) in [5, 5.41) is 14.1. The van der Waals surface area contributed by atoms with Crippen LogP contribution >= 0.6 is 22.9 Å². The van der Waals surface area contributed by atoms with Crippen molar-refractivity contribution in [2.24, 2.45) is 0 Å². The summed E-state index contributed by atoms with van der Waals surface area (Å²) in [6, 6.07) is 5.18. The molecule has 1 aliphatic heterocycles.